The molecule has 0 heterocycles. The highest BCUT2D eigenvalue weighted by Gasteiger charge is 2.35. The van der Waals surface area contributed by atoms with Gasteiger partial charge in [-0.3, -0.25) is 13.9 Å². The molecule has 0 aliphatic heterocycles. The molecule has 41 heavy (non-hydrogen) atoms. The Kier molecular flexibility index (Phi) is 10.5. The third kappa shape index (κ3) is 8.71. The first-order chi connectivity index (χ1) is 19.1. The van der Waals surface area contributed by atoms with Gasteiger partial charge in [0.2, 0.25) is 21.8 Å². The summed E-state index contributed by atoms with van der Waals surface area (Å²) in [6, 6.07) is 18.6. The van der Waals surface area contributed by atoms with E-state index in [-0.39, 0.29) is 18.9 Å². The van der Waals surface area contributed by atoms with Crippen LogP contribution in [0, 0.1) is 13.8 Å². The van der Waals surface area contributed by atoms with E-state index in [0.29, 0.717) is 21.3 Å². The predicted octanol–water partition coefficient (Wildman–Crippen LogP) is 5.93. The van der Waals surface area contributed by atoms with Crippen LogP contribution in [-0.4, -0.2) is 49.5 Å². The van der Waals surface area contributed by atoms with Gasteiger partial charge in [0, 0.05) is 34.1 Å². The van der Waals surface area contributed by atoms with Crippen molar-refractivity contribution in [1.29, 1.82) is 0 Å². The van der Waals surface area contributed by atoms with Crippen LogP contribution < -0.4 is 9.62 Å². The summed E-state index contributed by atoms with van der Waals surface area (Å²) in [5, 5.41) is 3.66. The minimum Gasteiger partial charge on any atom is -0.350 e. The van der Waals surface area contributed by atoms with Crippen molar-refractivity contribution in [2.75, 3.05) is 17.1 Å². The normalized spacial score (nSPS) is 12.5. The largest absolute Gasteiger partial charge is 0.350 e. The number of rotatable bonds is 10. The zero-order chi connectivity index (χ0) is 30.5. The molecular formula is C31H37Cl2N3O4S. The van der Waals surface area contributed by atoms with Crippen LogP contribution in [0.5, 0.6) is 0 Å². The molecule has 0 spiro atoms. The van der Waals surface area contributed by atoms with Crippen LogP contribution in [0.15, 0.2) is 66.7 Å². The lowest BCUT2D eigenvalue weighted by molar-refractivity contribution is -0.140. The van der Waals surface area contributed by atoms with Gasteiger partial charge in [-0.1, -0.05) is 71.7 Å². The molecule has 1 N–H and O–H groups in total. The van der Waals surface area contributed by atoms with E-state index in [4.69, 9.17) is 23.2 Å². The molecule has 2 amide bonds. The number of aryl methyl sites for hydroxylation is 1. The second-order valence-corrected chi connectivity index (χ2v) is 13.9. The standard InChI is InChI=1S/C31H37Cl2N3O4S/c1-21-12-10-17-27(22(21)2)36(41(6,39)40)20-29(37)35(19-24-25(32)15-11-16-26(24)33)28(30(38)34-31(3,4)5)18-23-13-8-7-9-14-23/h7-17,28H,18-20H2,1-6H3,(H,34,38)/t28-/m0/s1. The first-order valence-electron chi connectivity index (χ1n) is 13.2. The second-order valence-electron chi connectivity index (χ2n) is 11.2. The van der Waals surface area contributed by atoms with Crippen molar-refractivity contribution in [1.82, 2.24) is 10.2 Å². The molecule has 1 atom stereocenters. The number of nitrogens with one attached hydrogen (secondary N) is 1. The van der Waals surface area contributed by atoms with E-state index in [1.807, 2.05) is 71.0 Å². The van der Waals surface area contributed by atoms with Crippen LogP contribution in [0.1, 0.15) is 43.0 Å². The van der Waals surface area contributed by atoms with Crippen molar-refractivity contribution < 1.29 is 18.0 Å². The fourth-order valence-corrected chi connectivity index (χ4v) is 5.88. The lowest BCUT2D eigenvalue weighted by Gasteiger charge is -2.35. The molecule has 0 saturated carbocycles. The number of amides is 2. The summed E-state index contributed by atoms with van der Waals surface area (Å²) in [5.74, 6) is -0.951. The van der Waals surface area contributed by atoms with E-state index in [1.54, 1.807) is 30.3 Å². The fraction of sp³-hybridized carbons (Fsp3) is 0.355. The van der Waals surface area contributed by atoms with Gasteiger partial charge < -0.3 is 10.2 Å². The van der Waals surface area contributed by atoms with E-state index in [9.17, 15) is 18.0 Å². The molecule has 0 fully saturated rings. The first kappa shape index (κ1) is 32.4. The summed E-state index contributed by atoms with van der Waals surface area (Å²) in [6.07, 6.45) is 1.25. The third-order valence-electron chi connectivity index (χ3n) is 6.68. The van der Waals surface area contributed by atoms with Crippen LogP contribution in [0.2, 0.25) is 10.0 Å². The maximum absolute atomic E-state index is 14.3. The number of carbonyl (C=O) groups is 2. The highest BCUT2D eigenvalue weighted by atomic mass is 35.5. The molecule has 0 aromatic heterocycles. The Morgan fingerprint density at radius 1 is 0.902 bits per heavy atom. The molecule has 220 valence electrons. The number of hydrogen-bond donors (Lipinski definition) is 1. The van der Waals surface area contributed by atoms with Gasteiger partial charge in [-0.2, -0.15) is 0 Å². The van der Waals surface area contributed by atoms with Gasteiger partial charge in [0.05, 0.1) is 11.9 Å². The van der Waals surface area contributed by atoms with Crippen LogP contribution >= 0.6 is 23.2 Å². The Balaban J connectivity index is 2.15. The van der Waals surface area contributed by atoms with Gasteiger partial charge in [-0.25, -0.2) is 8.42 Å². The maximum Gasteiger partial charge on any atom is 0.244 e. The zero-order valence-electron chi connectivity index (χ0n) is 24.2. The lowest BCUT2D eigenvalue weighted by atomic mass is 10.0. The topological polar surface area (TPSA) is 86.8 Å². The van der Waals surface area contributed by atoms with E-state index in [2.05, 4.69) is 5.32 Å². The average molecular weight is 619 g/mol. The van der Waals surface area contributed by atoms with Crippen molar-refractivity contribution in [3.05, 3.63) is 99.0 Å². The molecule has 0 saturated heterocycles. The van der Waals surface area contributed by atoms with Crippen LogP contribution in [-0.2, 0) is 32.6 Å². The summed E-state index contributed by atoms with van der Waals surface area (Å²) in [5.41, 5.74) is 2.73. The highest BCUT2D eigenvalue weighted by Crippen LogP contribution is 2.29. The molecule has 0 bridgehead atoms. The summed E-state index contributed by atoms with van der Waals surface area (Å²) >= 11 is 13.0. The van der Waals surface area contributed by atoms with Gasteiger partial charge in [0.25, 0.3) is 0 Å². The molecule has 3 aromatic carbocycles. The second kappa shape index (κ2) is 13.3. The number of hydrogen-bond acceptors (Lipinski definition) is 4. The molecule has 0 radical (unpaired) electrons. The Bertz CT molecular complexity index is 1490. The number of halogens is 2. The summed E-state index contributed by atoms with van der Waals surface area (Å²) in [4.78, 5) is 29.4. The Labute approximate surface area is 253 Å². The molecule has 10 heteroatoms. The van der Waals surface area contributed by atoms with Crippen LogP contribution in [0.3, 0.4) is 0 Å². The predicted molar refractivity (Wildman–Crippen MR) is 167 cm³/mol. The third-order valence-corrected chi connectivity index (χ3v) is 8.52. The molecule has 0 aliphatic rings. The van der Waals surface area contributed by atoms with Crippen LogP contribution in [0.25, 0.3) is 0 Å². The SMILES string of the molecule is Cc1cccc(N(CC(=O)N(Cc2c(Cl)cccc2Cl)[C@@H](Cc2ccccc2)C(=O)NC(C)(C)C)S(C)(=O)=O)c1C. The van der Waals surface area contributed by atoms with E-state index < -0.39 is 34.1 Å². The lowest BCUT2D eigenvalue weighted by Crippen LogP contribution is -2.56. The van der Waals surface area contributed by atoms with Crippen molar-refractivity contribution in [2.24, 2.45) is 0 Å². The minimum absolute atomic E-state index is 0.100. The van der Waals surface area contributed by atoms with Crippen molar-refractivity contribution >= 4 is 50.7 Å². The minimum atomic E-state index is -3.88. The Morgan fingerprint density at radius 3 is 2.05 bits per heavy atom. The average Bonchev–Trinajstić information content (AvgIpc) is 2.87. The first-order valence-corrected chi connectivity index (χ1v) is 15.8. The van der Waals surface area contributed by atoms with E-state index >= 15 is 0 Å². The number of benzene rings is 3. The van der Waals surface area contributed by atoms with Gasteiger partial charge in [-0.15, -0.1) is 0 Å². The van der Waals surface area contributed by atoms with Gasteiger partial charge >= 0.3 is 0 Å². The quantitative estimate of drug-likeness (QED) is 0.305. The molecule has 3 aromatic rings. The molecular weight excluding hydrogens is 581 g/mol. The summed E-state index contributed by atoms with van der Waals surface area (Å²) < 4.78 is 27.2. The summed E-state index contributed by atoms with van der Waals surface area (Å²) in [6.45, 7) is 8.63. The summed E-state index contributed by atoms with van der Waals surface area (Å²) in [7, 11) is -3.88. The molecule has 0 aliphatic carbocycles. The van der Waals surface area contributed by atoms with E-state index in [0.717, 1.165) is 27.3 Å². The molecule has 3 rings (SSSR count). The maximum atomic E-state index is 14.3. The van der Waals surface area contributed by atoms with Crippen molar-refractivity contribution in [3.63, 3.8) is 0 Å². The smallest absolute Gasteiger partial charge is 0.244 e. The van der Waals surface area contributed by atoms with Crippen molar-refractivity contribution in [2.45, 2.75) is 59.2 Å². The van der Waals surface area contributed by atoms with Crippen molar-refractivity contribution in [3.8, 4) is 0 Å². The van der Waals surface area contributed by atoms with E-state index in [1.165, 1.54) is 4.90 Å². The number of nitrogens with zero attached hydrogens (tertiary/aromatic N) is 2. The van der Waals surface area contributed by atoms with Gasteiger partial charge in [0.15, 0.2) is 0 Å². The zero-order valence-corrected chi connectivity index (χ0v) is 26.6. The Hall–Kier alpha value is -3.07. The number of carbonyl (C=O) groups excluding carboxylic acids is 2. The Morgan fingerprint density at radius 2 is 1.49 bits per heavy atom. The molecule has 0 unspecified atom stereocenters. The monoisotopic (exact) mass is 617 g/mol. The van der Waals surface area contributed by atoms with Crippen LogP contribution in [0.4, 0.5) is 5.69 Å². The number of sulfonamides is 1. The van der Waals surface area contributed by atoms with Gasteiger partial charge in [-0.05, 0) is 69.5 Å². The number of anilines is 1. The van der Waals surface area contributed by atoms with Gasteiger partial charge in [0.1, 0.15) is 12.6 Å². The molecule has 7 nitrogen and oxygen atoms in total. The highest BCUT2D eigenvalue weighted by molar-refractivity contribution is 7.92. The fourth-order valence-electron chi connectivity index (χ4n) is 4.46.